The molecule has 100 valence electrons. The molecule has 1 aromatic rings. The van der Waals surface area contributed by atoms with Crippen LogP contribution in [0.5, 0.6) is 0 Å². The van der Waals surface area contributed by atoms with Crippen LogP contribution in [0.4, 0.5) is 0 Å². The highest BCUT2D eigenvalue weighted by Crippen LogP contribution is 2.15. The Labute approximate surface area is 114 Å². The molecule has 0 aliphatic heterocycles. The molecule has 0 spiro atoms. The van der Waals surface area contributed by atoms with Gasteiger partial charge in [0.05, 0.1) is 6.61 Å². The minimum Gasteiger partial charge on any atom is -0.462 e. The molecule has 0 saturated carbocycles. The minimum absolute atomic E-state index is 0.0445. The van der Waals surface area contributed by atoms with Gasteiger partial charge in [-0.15, -0.1) is 0 Å². The number of unbranched alkanes of at least 4 members (excludes halogenated alkanes) is 1. The standard InChI is InChI=1S/C16H19NO2/c1-4-5-8-19-16(18)15(11-17)10-14-7-6-12(2)9-13(14)3/h6-7,9-10H,4-5,8H2,1-3H3/b15-10-. The average molecular weight is 257 g/mol. The monoisotopic (exact) mass is 257 g/mol. The Morgan fingerprint density at radius 2 is 2.16 bits per heavy atom. The lowest BCUT2D eigenvalue weighted by Crippen LogP contribution is -2.07. The van der Waals surface area contributed by atoms with Crippen LogP contribution in [0, 0.1) is 25.2 Å². The topological polar surface area (TPSA) is 50.1 Å². The Morgan fingerprint density at radius 3 is 2.74 bits per heavy atom. The highest BCUT2D eigenvalue weighted by Gasteiger charge is 2.10. The van der Waals surface area contributed by atoms with Crippen molar-refractivity contribution in [2.45, 2.75) is 33.6 Å². The van der Waals surface area contributed by atoms with Crippen molar-refractivity contribution in [2.24, 2.45) is 0 Å². The Balaban J connectivity index is 2.87. The van der Waals surface area contributed by atoms with Gasteiger partial charge in [-0.05, 0) is 37.5 Å². The van der Waals surface area contributed by atoms with Crippen molar-refractivity contribution in [1.29, 1.82) is 5.26 Å². The summed E-state index contributed by atoms with van der Waals surface area (Å²) in [5, 5.41) is 9.04. The maximum absolute atomic E-state index is 11.7. The second-order valence-corrected chi connectivity index (χ2v) is 4.52. The summed E-state index contributed by atoms with van der Waals surface area (Å²) in [6, 6.07) is 7.78. The average Bonchev–Trinajstić information content (AvgIpc) is 2.38. The largest absolute Gasteiger partial charge is 0.462 e. The van der Waals surface area contributed by atoms with Gasteiger partial charge in [0, 0.05) is 0 Å². The van der Waals surface area contributed by atoms with E-state index < -0.39 is 5.97 Å². The van der Waals surface area contributed by atoms with Gasteiger partial charge in [0.15, 0.2) is 0 Å². The fourth-order valence-electron chi connectivity index (χ4n) is 1.67. The molecule has 0 fully saturated rings. The van der Waals surface area contributed by atoms with E-state index >= 15 is 0 Å². The molecule has 1 aromatic carbocycles. The molecule has 0 radical (unpaired) electrons. The molecule has 0 heterocycles. The highest BCUT2D eigenvalue weighted by atomic mass is 16.5. The predicted molar refractivity (Wildman–Crippen MR) is 75.4 cm³/mol. The fourth-order valence-corrected chi connectivity index (χ4v) is 1.67. The van der Waals surface area contributed by atoms with Gasteiger partial charge in [-0.3, -0.25) is 0 Å². The van der Waals surface area contributed by atoms with Crippen LogP contribution in [0.15, 0.2) is 23.8 Å². The van der Waals surface area contributed by atoms with Crippen LogP contribution in [-0.2, 0) is 9.53 Å². The van der Waals surface area contributed by atoms with E-state index in [1.165, 1.54) is 0 Å². The first-order valence-corrected chi connectivity index (χ1v) is 6.44. The number of nitrogens with zero attached hydrogens (tertiary/aromatic N) is 1. The van der Waals surface area contributed by atoms with Crippen molar-refractivity contribution in [1.82, 2.24) is 0 Å². The van der Waals surface area contributed by atoms with Crippen LogP contribution in [-0.4, -0.2) is 12.6 Å². The molecule has 0 saturated heterocycles. The molecule has 0 amide bonds. The number of esters is 1. The minimum atomic E-state index is -0.545. The van der Waals surface area contributed by atoms with Gasteiger partial charge in [0.1, 0.15) is 11.6 Å². The molecular formula is C16H19NO2. The molecule has 0 N–H and O–H groups in total. The van der Waals surface area contributed by atoms with Crippen molar-refractivity contribution in [3.05, 3.63) is 40.5 Å². The number of hydrogen-bond acceptors (Lipinski definition) is 3. The number of benzene rings is 1. The second kappa shape index (κ2) is 7.38. The lowest BCUT2D eigenvalue weighted by atomic mass is 10.0. The maximum Gasteiger partial charge on any atom is 0.348 e. The van der Waals surface area contributed by atoms with Crippen LogP contribution in [0.25, 0.3) is 6.08 Å². The zero-order valence-electron chi connectivity index (χ0n) is 11.7. The van der Waals surface area contributed by atoms with E-state index in [1.54, 1.807) is 6.08 Å². The van der Waals surface area contributed by atoms with Gasteiger partial charge >= 0.3 is 5.97 Å². The number of rotatable bonds is 5. The summed E-state index contributed by atoms with van der Waals surface area (Å²) < 4.78 is 5.04. The lowest BCUT2D eigenvalue weighted by molar-refractivity contribution is -0.138. The molecule has 3 heteroatoms. The van der Waals surface area contributed by atoms with Crippen LogP contribution in [0.3, 0.4) is 0 Å². The Hall–Kier alpha value is -2.08. The van der Waals surface area contributed by atoms with Crippen molar-refractivity contribution in [3.8, 4) is 6.07 Å². The summed E-state index contributed by atoms with van der Waals surface area (Å²) in [6.07, 6.45) is 3.35. The number of hydrogen-bond donors (Lipinski definition) is 0. The first kappa shape index (κ1) is 15.0. The van der Waals surface area contributed by atoms with Gasteiger partial charge in [0.2, 0.25) is 0 Å². The zero-order valence-corrected chi connectivity index (χ0v) is 11.7. The van der Waals surface area contributed by atoms with Gasteiger partial charge in [-0.2, -0.15) is 5.26 Å². The van der Waals surface area contributed by atoms with E-state index in [9.17, 15) is 4.79 Å². The van der Waals surface area contributed by atoms with E-state index in [0.29, 0.717) is 6.61 Å². The van der Waals surface area contributed by atoms with Gasteiger partial charge in [-0.1, -0.05) is 37.1 Å². The van der Waals surface area contributed by atoms with E-state index in [0.717, 1.165) is 29.5 Å². The van der Waals surface area contributed by atoms with Gasteiger partial charge in [0.25, 0.3) is 0 Å². The second-order valence-electron chi connectivity index (χ2n) is 4.52. The number of aryl methyl sites for hydroxylation is 2. The fraction of sp³-hybridized carbons (Fsp3) is 0.375. The van der Waals surface area contributed by atoms with Crippen LogP contribution in [0.2, 0.25) is 0 Å². The summed E-state index contributed by atoms with van der Waals surface area (Å²) in [6.45, 7) is 6.34. The van der Waals surface area contributed by atoms with Crippen molar-refractivity contribution in [3.63, 3.8) is 0 Å². The van der Waals surface area contributed by atoms with Crippen LogP contribution in [0.1, 0.15) is 36.5 Å². The molecule has 0 aliphatic carbocycles. The molecule has 1 rings (SSSR count). The zero-order chi connectivity index (χ0) is 14.3. The third kappa shape index (κ3) is 4.59. The lowest BCUT2D eigenvalue weighted by Gasteiger charge is -2.04. The number of carbonyl (C=O) groups is 1. The smallest absolute Gasteiger partial charge is 0.348 e. The predicted octanol–water partition coefficient (Wildman–Crippen LogP) is 3.55. The molecular weight excluding hydrogens is 238 g/mol. The summed E-state index contributed by atoms with van der Waals surface area (Å²) in [4.78, 5) is 11.7. The van der Waals surface area contributed by atoms with Gasteiger partial charge < -0.3 is 4.74 Å². The SMILES string of the molecule is CCCCOC(=O)/C(C#N)=C\c1ccc(C)cc1C. The Kier molecular flexibility index (Phi) is 5.81. The van der Waals surface area contributed by atoms with E-state index in [2.05, 4.69) is 0 Å². The van der Waals surface area contributed by atoms with Crippen molar-refractivity contribution < 1.29 is 9.53 Å². The Bertz CT molecular complexity index is 524. The Morgan fingerprint density at radius 1 is 1.42 bits per heavy atom. The molecule has 0 aliphatic rings. The van der Waals surface area contributed by atoms with E-state index in [-0.39, 0.29) is 5.57 Å². The van der Waals surface area contributed by atoms with Gasteiger partial charge in [-0.25, -0.2) is 4.79 Å². The highest BCUT2D eigenvalue weighted by molar-refractivity contribution is 5.98. The van der Waals surface area contributed by atoms with E-state index in [1.807, 2.05) is 45.0 Å². The first-order valence-electron chi connectivity index (χ1n) is 6.44. The normalized spacial score (nSPS) is 10.9. The molecule has 0 atom stereocenters. The maximum atomic E-state index is 11.7. The molecule has 19 heavy (non-hydrogen) atoms. The summed E-state index contributed by atoms with van der Waals surface area (Å²) >= 11 is 0. The molecule has 0 bridgehead atoms. The molecule has 3 nitrogen and oxygen atoms in total. The quantitative estimate of drug-likeness (QED) is 0.351. The van der Waals surface area contributed by atoms with Crippen LogP contribution < -0.4 is 0 Å². The summed E-state index contributed by atoms with van der Waals surface area (Å²) in [7, 11) is 0. The summed E-state index contributed by atoms with van der Waals surface area (Å²) in [5.74, 6) is -0.545. The third-order valence-corrected chi connectivity index (χ3v) is 2.80. The van der Waals surface area contributed by atoms with Crippen molar-refractivity contribution in [2.75, 3.05) is 6.61 Å². The molecule has 0 unspecified atom stereocenters. The third-order valence-electron chi connectivity index (χ3n) is 2.80. The van der Waals surface area contributed by atoms with E-state index in [4.69, 9.17) is 10.00 Å². The first-order chi connectivity index (χ1) is 9.08. The number of nitriles is 1. The van der Waals surface area contributed by atoms with Crippen molar-refractivity contribution >= 4 is 12.0 Å². The number of ether oxygens (including phenoxy) is 1. The number of carbonyl (C=O) groups excluding carboxylic acids is 1. The summed E-state index contributed by atoms with van der Waals surface area (Å²) in [5.41, 5.74) is 3.10. The molecule has 0 aromatic heterocycles. The van der Waals surface area contributed by atoms with Crippen LogP contribution >= 0.6 is 0 Å².